The van der Waals surface area contributed by atoms with E-state index in [1.54, 1.807) is 0 Å². The van der Waals surface area contributed by atoms with E-state index >= 15 is 0 Å². The van der Waals surface area contributed by atoms with Crippen molar-refractivity contribution >= 4 is 6.08 Å². The quantitative estimate of drug-likeness (QED) is 0.886. The summed E-state index contributed by atoms with van der Waals surface area (Å²) in [5.74, 6) is 0. The Bertz CT molecular complexity index is 661. The molecule has 2 rings (SSSR count). The molecule has 0 saturated carbocycles. The molecule has 23 heavy (non-hydrogen) atoms. The van der Waals surface area contributed by atoms with Gasteiger partial charge in [0.1, 0.15) is 6.04 Å². The Balaban J connectivity index is 2.08. The third-order valence-electron chi connectivity index (χ3n) is 4.08. The molecule has 0 spiro atoms. The van der Waals surface area contributed by atoms with Crippen LogP contribution in [0.15, 0.2) is 66.7 Å². The van der Waals surface area contributed by atoms with Gasteiger partial charge in [0, 0.05) is 6.04 Å². The Hall–Kier alpha value is -2.41. The normalized spacial score (nSPS) is 15.3. The van der Waals surface area contributed by atoms with Gasteiger partial charge in [-0.05, 0) is 25.1 Å². The number of hydrogen-bond acceptors (Lipinski definition) is 3. The van der Waals surface area contributed by atoms with E-state index in [1.165, 1.54) is 0 Å². The SMILES string of the molecule is C[C@@H]([C@H](O)c1ccccc1)N(C)C(C#N)/C=C/c1ccccc1. The highest BCUT2D eigenvalue weighted by Crippen LogP contribution is 2.21. The highest BCUT2D eigenvalue weighted by atomic mass is 16.3. The predicted molar refractivity (Wildman–Crippen MR) is 93.5 cm³/mol. The molecule has 1 unspecified atom stereocenters. The number of aliphatic hydroxyl groups excluding tert-OH is 1. The lowest BCUT2D eigenvalue weighted by Crippen LogP contribution is -2.40. The van der Waals surface area contributed by atoms with Crippen molar-refractivity contribution in [1.29, 1.82) is 5.26 Å². The van der Waals surface area contributed by atoms with Crippen LogP contribution in [0.5, 0.6) is 0 Å². The minimum atomic E-state index is -0.637. The van der Waals surface area contributed by atoms with Crippen molar-refractivity contribution in [3.8, 4) is 6.07 Å². The largest absolute Gasteiger partial charge is 0.387 e. The van der Waals surface area contributed by atoms with Crippen LogP contribution in [-0.2, 0) is 0 Å². The van der Waals surface area contributed by atoms with Crippen LogP contribution in [0.4, 0.5) is 0 Å². The minimum absolute atomic E-state index is 0.178. The second-order valence-electron chi connectivity index (χ2n) is 5.61. The molecule has 118 valence electrons. The fourth-order valence-electron chi connectivity index (χ4n) is 2.44. The van der Waals surface area contributed by atoms with Gasteiger partial charge >= 0.3 is 0 Å². The average Bonchev–Trinajstić information content (AvgIpc) is 2.62. The average molecular weight is 306 g/mol. The van der Waals surface area contributed by atoms with Crippen molar-refractivity contribution in [2.45, 2.75) is 25.1 Å². The first-order valence-electron chi connectivity index (χ1n) is 7.71. The van der Waals surface area contributed by atoms with Crippen molar-refractivity contribution in [3.05, 3.63) is 77.9 Å². The van der Waals surface area contributed by atoms with E-state index in [-0.39, 0.29) is 6.04 Å². The zero-order valence-corrected chi connectivity index (χ0v) is 13.5. The molecule has 3 nitrogen and oxygen atoms in total. The van der Waals surface area contributed by atoms with Gasteiger partial charge in [0.15, 0.2) is 0 Å². The third kappa shape index (κ3) is 4.53. The van der Waals surface area contributed by atoms with Crippen LogP contribution in [0.1, 0.15) is 24.2 Å². The number of benzene rings is 2. The third-order valence-corrected chi connectivity index (χ3v) is 4.08. The molecule has 0 amide bonds. The Kier molecular flexibility index (Phi) is 6.10. The molecule has 0 heterocycles. The monoisotopic (exact) mass is 306 g/mol. The number of nitriles is 1. The molecule has 1 N–H and O–H groups in total. The zero-order chi connectivity index (χ0) is 16.7. The van der Waals surface area contributed by atoms with Crippen LogP contribution in [0.3, 0.4) is 0 Å². The topological polar surface area (TPSA) is 47.3 Å². The van der Waals surface area contributed by atoms with Gasteiger partial charge in [-0.3, -0.25) is 4.90 Å². The van der Waals surface area contributed by atoms with E-state index in [0.29, 0.717) is 0 Å². The van der Waals surface area contributed by atoms with Crippen LogP contribution in [0.2, 0.25) is 0 Å². The highest BCUT2D eigenvalue weighted by Gasteiger charge is 2.24. The molecule has 0 saturated heterocycles. The van der Waals surface area contributed by atoms with Crippen molar-refractivity contribution in [1.82, 2.24) is 4.90 Å². The molecule has 3 heteroatoms. The lowest BCUT2D eigenvalue weighted by Gasteiger charge is -2.31. The van der Waals surface area contributed by atoms with E-state index in [4.69, 9.17) is 0 Å². The molecule has 2 aromatic carbocycles. The summed E-state index contributed by atoms with van der Waals surface area (Å²) in [4.78, 5) is 1.89. The summed E-state index contributed by atoms with van der Waals surface area (Å²) in [6, 6.07) is 21.1. The van der Waals surface area contributed by atoms with Gasteiger partial charge in [-0.15, -0.1) is 0 Å². The molecule has 0 aromatic heterocycles. The molecular formula is C20H22N2O. The first kappa shape index (κ1) is 17.0. The van der Waals surface area contributed by atoms with E-state index < -0.39 is 12.1 Å². The predicted octanol–water partition coefficient (Wildman–Crippen LogP) is 3.65. The summed E-state index contributed by atoms with van der Waals surface area (Å²) >= 11 is 0. The molecule has 2 aromatic rings. The minimum Gasteiger partial charge on any atom is -0.387 e. The zero-order valence-electron chi connectivity index (χ0n) is 13.5. The number of rotatable bonds is 6. The molecule has 0 radical (unpaired) electrons. The van der Waals surface area contributed by atoms with Crippen LogP contribution in [0, 0.1) is 11.3 Å². The van der Waals surface area contributed by atoms with Crippen molar-refractivity contribution in [2.24, 2.45) is 0 Å². The Morgan fingerprint density at radius 3 is 2.17 bits per heavy atom. The lowest BCUT2D eigenvalue weighted by atomic mass is 10.0. The summed E-state index contributed by atoms with van der Waals surface area (Å²) in [5.41, 5.74) is 1.91. The number of likely N-dealkylation sites (N-methyl/N-ethyl adjacent to an activating group) is 1. The molecule has 0 aliphatic heterocycles. The van der Waals surface area contributed by atoms with Gasteiger partial charge in [0.05, 0.1) is 12.2 Å². The summed E-state index contributed by atoms with van der Waals surface area (Å²) < 4.78 is 0. The Morgan fingerprint density at radius 2 is 1.61 bits per heavy atom. The highest BCUT2D eigenvalue weighted by molar-refractivity contribution is 5.50. The van der Waals surface area contributed by atoms with E-state index in [9.17, 15) is 10.4 Å². The number of nitrogens with zero attached hydrogens (tertiary/aromatic N) is 2. The molecule has 3 atom stereocenters. The Labute approximate surface area is 138 Å². The van der Waals surface area contributed by atoms with Crippen LogP contribution < -0.4 is 0 Å². The maximum absolute atomic E-state index is 10.5. The van der Waals surface area contributed by atoms with Crippen LogP contribution in [0.25, 0.3) is 6.08 Å². The number of hydrogen-bond donors (Lipinski definition) is 1. The first-order chi connectivity index (χ1) is 11.1. The summed E-state index contributed by atoms with van der Waals surface area (Å²) in [7, 11) is 1.86. The van der Waals surface area contributed by atoms with E-state index in [0.717, 1.165) is 11.1 Å². The van der Waals surface area contributed by atoms with Crippen molar-refractivity contribution in [3.63, 3.8) is 0 Å². The second kappa shape index (κ2) is 8.28. The molecule has 0 bridgehead atoms. The van der Waals surface area contributed by atoms with E-state index in [2.05, 4.69) is 6.07 Å². The fraction of sp³-hybridized carbons (Fsp3) is 0.250. The van der Waals surface area contributed by atoms with Gasteiger partial charge in [-0.2, -0.15) is 5.26 Å². The summed E-state index contributed by atoms with van der Waals surface area (Å²) in [6.07, 6.45) is 3.16. The van der Waals surface area contributed by atoms with Gasteiger partial charge in [-0.1, -0.05) is 72.8 Å². The Morgan fingerprint density at radius 1 is 1.04 bits per heavy atom. The molecule has 0 aliphatic rings. The summed E-state index contributed by atoms with van der Waals surface area (Å²) in [5, 5.41) is 20.0. The van der Waals surface area contributed by atoms with Crippen LogP contribution >= 0.6 is 0 Å². The van der Waals surface area contributed by atoms with Gasteiger partial charge in [0.25, 0.3) is 0 Å². The maximum Gasteiger partial charge on any atom is 0.117 e. The standard InChI is InChI=1S/C20H22N2O/c1-16(20(23)18-11-7-4-8-12-18)22(2)19(15-21)14-13-17-9-5-3-6-10-17/h3-14,16,19-20,23H,1-2H3/b14-13+/t16-,19?,20-/m0/s1. The van der Waals surface area contributed by atoms with Gasteiger partial charge < -0.3 is 5.11 Å². The number of aliphatic hydroxyl groups is 1. The molecule has 0 fully saturated rings. The molecular weight excluding hydrogens is 284 g/mol. The lowest BCUT2D eigenvalue weighted by molar-refractivity contribution is 0.0687. The van der Waals surface area contributed by atoms with Gasteiger partial charge in [0.2, 0.25) is 0 Å². The van der Waals surface area contributed by atoms with E-state index in [1.807, 2.05) is 91.7 Å². The van der Waals surface area contributed by atoms with Gasteiger partial charge in [-0.25, -0.2) is 0 Å². The molecule has 0 aliphatic carbocycles. The first-order valence-corrected chi connectivity index (χ1v) is 7.71. The van der Waals surface area contributed by atoms with Crippen molar-refractivity contribution in [2.75, 3.05) is 7.05 Å². The second-order valence-corrected chi connectivity index (χ2v) is 5.61. The smallest absolute Gasteiger partial charge is 0.117 e. The van der Waals surface area contributed by atoms with Crippen LogP contribution in [-0.4, -0.2) is 29.1 Å². The fourth-order valence-corrected chi connectivity index (χ4v) is 2.44. The maximum atomic E-state index is 10.5. The summed E-state index contributed by atoms with van der Waals surface area (Å²) in [6.45, 7) is 1.93. The van der Waals surface area contributed by atoms with Crippen molar-refractivity contribution < 1.29 is 5.11 Å².